The Labute approximate surface area is 120 Å². The quantitative estimate of drug-likeness (QED) is 0.845. The van der Waals surface area contributed by atoms with Crippen LogP contribution in [0.1, 0.15) is 15.9 Å². The van der Waals surface area contributed by atoms with Gasteiger partial charge < -0.3 is 5.32 Å². The van der Waals surface area contributed by atoms with Gasteiger partial charge >= 0.3 is 0 Å². The zero-order valence-corrected chi connectivity index (χ0v) is 11.8. The summed E-state index contributed by atoms with van der Waals surface area (Å²) < 4.78 is 22.2. The van der Waals surface area contributed by atoms with Crippen LogP contribution in [-0.2, 0) is 10.0 Å². The van der Waals surface area contributed by atoms with E-state index in [1.54, 1.807) is 24.3 Å². The number of sulfonamides is 1. The molecule has 1 aromatic carbocycles. The van der Waals surface area contributed by atoms with Crippen molar-refractivity contribution in [2.45, 2.75) is 4.21 Å². The maximum absolute atomic E-state index is 12.0. The van der Waals surface area contributed by atoms with Crippen LogP contribution in [0.15, 0.2) is 39.9 Å². The smallest absolute Gasteiger partial charge is 0.256 e. The van der Waals surface area contributed by atoms with E-state index in [0.29, 0.717) is 11.3 Å². The molecule has 0 radical (unpaired) electrons. The van der Waals surface area contributed by atoms with E-state index in [2.05, 4.69) is 11.2 Å². The van der Waals surface area contributed by atoms with Crippen molar-refractivity contribution in [1.29, 1.82) is 0 Å². The van der Waals surface area contributed by atoms with Gasteiger partial charge in [0.25, 0.3) is 5.91 Å². The van der Waals surface area contributed by atoms with Crippen LogP contribution < -0.4 is 10.5 Å². The van der Waals surface area contributed by atoms with E-state index in [4.69, 9.17) is 11.6 Å². The van der Waals surface area contributed by atoms with Crippen LogP contribution in [0, 0.1) is 12.3 Å². The Bertz CT molecular complexity index is 801. The molecule has 1 amide bonds. The van der Waals surface area contributed by atoms with Crippen LogP contribution in [0.3, 0.4) is 0 Å². The summed E-state index contributed by atoms with van der Waals surface area (Å²) in [7, 11) is -3.79. The minimum atomic E-state index is -3.79. The molecule has 0 spiro atoms. The lowest BCUT2D eigenvalue weighted by molar-refractivity contribution is 0.102. The first-order valence-electron chi connectivity index (χ1n) is 5.39. The summed E-state index contributed by atoms with van der Waals surface area (Å²) in [5.41, 5.74) is 1.40. The van der Waals surface area contributed by atoms with Crippen LogP contribution in [-0.4, -0.2) is 14.3 Å². The number of terminal acetylenes is 1. The van der Waals surface area contributed by atoms with Gasteiger partial charge in [0.2, 0.25) is 10.0 Å². The molecule has 0 saturated heterocycles. The first kappa shape index (κ1) is 14.3. The normalized spacial score (nSPS) is 10.8. The highest BCUT2D eigenvalue weighted by Crippen LogP contribution is 2.20. The van der Waals surface area contributed by atoms with Crippen molar-refractivity contribution in [3.63, 3.8) is 0 Å². The maximum atomic E-state index is 12.0. The third kappa shape index (κ3) is 3.24. The molecule has 0 fully saturated rings. The second kappa shape index (κ2) is 5.46. The van der Waals surface area contributed by atoms with Gasteiger partial charge in [0.1, 0.15) is 4.21 Å². The summed E-state index contributed by atoms with van der Waals surface area (Å²) in [6, 6.07) is 8.02. The summed E-state index contributed by atoms with van der Waals surface area (Å²) in [4.78, 5) is 12.0. The molecule has 0 aliphatic rings. The molecule has 2 rings (SSSR count). The molecule has 3 N–H and O–H groups in total. The van der Waals surface area contributed by atoms with Gasteiger partial charge in [-0.25, -0.2) is 13.6 Å². The summed E-state index contributed by atoms with van der Waals surface area (Å²) in [5, 5.41) is 9.05. The highest BCUT2D eigenvalue weighted by Gasteiger charge is 2.15. The van der Waals surface area contributed by atoms with E-state index in [-0.39, 0.29) is 9.77 Å². The van der Waals surface area contributed by atoms with Crippen molar-refractivity contribution >= 4 is 33.0 Å². The van der Waals surface area contributed by atoms with Crippen LogP contribution in [0.25, 0.3) is 0 Å². The van der Waals surface area contributed by atoms with Crippen molar-refractivity contribution in [2.75, 3.05) is 5.32 Å². The molecule has 1 aromatic heterocycles. The minimum absolute atomic E-state index is 0.0555. The molecule has 0 unspecified atom stereocenters. The number of benzene rings is 1. The van der Waals surface area contributed by atoms with E-state index >= 15 is 0 Å². The van der Waals surface area contributed by atoms with Crippen molar-refractivity contribution in [1.82, 2.24) is 0 Å². The predicted molar refractivity (Wildman–Crippen MR) is 78.0 cm³/mol. The molecule has 7 heteroatoms. The fourth-order valence-electron chi connectivity index (χ4n) is 1.47. The van der Waals surface area contributed by atoms with Gasteiger partial charge in [0, 0.05) is 16.6 Å². The molecule has 0 atom stereocenters. The number of primary sulfonamides is 1. The van der Waals surface area contributed by atoms with Crippen LogP contribution in [0.5, 0.6) is 0 Å². The Kier molecular flexibility index (Phi) is 3.90. The van der Waals surface area contributed by atoms with Gasteiger partial charge in [0.05, 0.1) is 5.56 Å². The van der Waals surface area contributed by atoms with Gasteiger partial charge in [-0.05, 0) is 24.3 Å². The van der Waals surface area contributed by atoms with E-state index in [1.165, 1.54) is 11.4 Å². The van der Waals surface area contributed by atoms with Crippen LogP contribution in [0.4, 0.5) is 5.69 Å². The molecular formula is C13H10N2O3S2. The van der Waals surface area contributed by atoms with E-state index in [0.717, 1.165) is 11.3 Å². The average Bonchev–Trinajstić information content (AvgIpc) is 2.88. The molecule has 2 aromatic rings. The second-order valence-electron chi connectivity index (χ2n) is 3.88. The van der Waals surface area contributed by atoms with E-state index < -0.39 is 15.9 Å². The number of thiophene rings is 1. The van der Waals surface area contributed by atoms with Crippen molar-refractivity contribution < 1.29 is 13.2 Å². The number of rotatable bonds is 3. The molecule has 1 heterocycles. The van der Waals surface area contributed by atoms with Crippen LogP contribution in [0.2, 0.25) is 0 Å². The van der Waals surface area contributed by atoms with Crippen molar-refractivity contribution in [3.05, 3.63) is 46.8 Å². The van der Waals surface area contributed by atoms with Gasteiger partial charge in [-0.2, -0.15) is 0 Å². The summed E-state index contributed by atoms with van der Waals surface area (Å²) in [6.45, 7) is 0. The Morgan fingerprint density at radius 3 is 2.70 bits per heavy atom. The number of hydrogen-bond donors (Lipinski definition) is 2. The van der Waals surface area contributed by atoms with Crippen molar-refractivity contribution in [2.24, 2.45) is 5.14 Å². The molecule has 20 heavy (non-hydrogen) atoms. The van der Waals surface area contributed by atoms with E-state index in [1.807, 2.05) is 0 Å². The Balaban J connectivity index is 2.20. The molecule has 5 nitrogen and oxygen atoms in total. The Morgan fingerprint density at radius 1 is 1.35 bits per heavy atom. The van der Waals surface area contributed by atoms with Gasteiger partial charge in [-0.15, -0.1) is 17.8 Å². The first-order chi connectivity index (χ1) is 9.40. The fraction of sp³-hybridized carbons (Fsp3) is 0. The lowest BCUT2D eigenvalue weighted by atomic mass is 10.2. The zero-order valence-electron chi connectivity index (χ0n) is 10.2. The predicted octanol–water partition coefficient (Wildman–Crippen LogP) is 1.63. The Morgan fingerprint density at radius 2 is 2.10 bits per heavy atom. The second-order valence-corrected chi connectivity index (χ2v) is 6.58. The number of carbonyl (C=O) groups is 1. The Hall–Kier alpha value is -2.14. The molecule has 0 bridgehead atoms. The monoisotopic (exact) mass is 306 g/mol. The number of anilines is 1. The minimum Gasteiger partial charge on any atom is -0.322 e. The lowest BCUT2D eigenvalue weighted by Crippen LogP contribution is -2.12. The van der Waals surface area contributed by atoms with Crippen molar-refractivity contribution in [3.8, 4) is 12.3 Å². The standard InChI is InChI=1S/C13H10N2O3S2/c1-2-9-4-3-5-11(6-9)15-13(16)10-7-12(19-8-10)20(14,17)18/h1,3-8H,(H,15,16)(H2,14,17,18). The van der Waals surface area contributed by atoms with Gasteiger partial charge in [-0.1, -0.05) is 12.0 Å². The molecular weight excluding hydrogens is 296 g/mol. The summed E-state index contributed by atoms with van der Waals surface area (Å²) >= 11 is 0.897. The third-order valence-electron chi connectivity index (χ3n) is 2.41. The number of nitrogens with two attached hydrogens (primary N) is 1. The number of nitrogens with one attached hydrogen (secondary N) is 1. The first-order valence-corrected chi connectivity index (χ1v) is 7.82. The van der Waals surface area contributed by atoms with Gasteiger partial charge in [0.15, 0.2) is 0 Å². The fourth-order valence-corrected chi connectivity index (χ4v) is 3.06. The zero-order chi connectivity index (χ0) is 14.8. The largest absolute Gasteiger partial charge is 0.322 e. The third-order valence-corrected chi connectivity index (χ3v) is 4.79. The SMILES string of the molecule is C#Cc1cccc(NC(=O)c2csc(S(N)(=O)=O)c2)c1. The maximum Gasteiger partial charge on any atom is 0.256 e. The molecule has 0 aliphatic carbocycles. The number of carbonyl (C=O) groups excluding carboxylic acids is 1. The summed E-state index contributed by atoms with van der Waals surface area (Å²) in [5.74, 6) is 2.03. The highest BCUT2D eigenvalue weighted by molar-refractivity contribution is 7.91. The topological polar surface area (TPSA) is 89.3 Å². The summed E-state index contributed by atoms with van der Waals surface area (Å²) in [6.07, 6.45) is 5.27. The van der Waals surface area contributed by atoms with E-state index in [9.17, 15) is 13.2 Å². The van der Waals surface area contributed by atoms with Crippen LogP contribution >= 0.6 is 11.3 Å². The number of amides is 1. The average molecular weight is 306 g/mol. The molecule has 102 valence electrons. The number of hydrogen-bond acceptors (Lipinski definition) is 4. The lowest BCUT2D eigenvalue weighted by Gasteiger charge is -2.03. The van der Waals surface area contributed by atoms with Gasteiger partial charge in [-0.3, -0.25) is 4.79 Å². The highest BCUT2D eigenvalue weighted by atomic mass is 32.2. The molecule has 0 saturated carbocycles. The molecule has 0 aliphatic heterocycles.